The van der Waals surface area contributed by atoms with Gasteiger partial charge < -0.3 is 32.5 Å². The number of amides is 4. The number of nitrogens with two attached hydrogens (primary N) is 2. The van der Waals surface area contributed by atoms with Gasteiger partial charge in [-0.3, -0.25) is 19.2 Å². The molecule has 5 atom stereocenters. The van der Waals surface area contributed by atoms with Crippen LogP contribution < -0.4 is 27.4 Å². The number of carbonyl (C=O) groups excluding carboxylic acids is 4. The molecule has 11 nitrogen and oxygen atoms in total. The second kappa shape index (κ2) is 13.7. The topological polar surface area (TPSA) is 194 Å². The Morgan fingerprint density at radius 1 is 0.844 bits per heavy atom. The van der Waals surface area contributed by atoms with E-state index in [2.05, 4.69) is 16.0 Å². The highest BCUT2D eigenvalue weighted by molar-refractivity contribution is 5.96. The molecule has 0 spiro atoms. The minimum absolute atomic E-state index is 0.0177. The molecule has 0 heterocycles. The van der Waals surface area contributed by atoms with Crippen LogP contribution in [0.1, 0.15) is 60.8 Å². The van der Waals surface area contributed by atoms with E-state index in [1.165, 1.54) is 0 Å². The van der Waals surface area contributed by atoms with Crippen LogP contribution in [0, 0.1) is 17.8 Å². The molecule has 0 aromatic carbocycles. The van der Waals surface area contributed by atoms with Crippen molar-refractivity contribution in [3.05, 3.63) is 0 Å². The molecular weight excluding hydrogens is 418 g/mol. The van der Waals surface area contributed by atoms with Crippen LogP contribution in [0.15, 0.2) is 0 Å². The third-order valence-electron chi connectivity index (χ3n) is 5.17. The van der Waals surface area contributed by atoms with Crippen molar-refractivity contribution in [1.29, 1.82) is 0 Å². The normalized spacial score (nSPS) is 15.9. The Kier molecular flexibility index (Phi) is 12.5. The fourth-order valence-corrected chi connectivity index (χ4v) is 2.93. The minimum Gasteiger partial charge on any atom is -0.480 e. The van der Waals surface area contributed by atoms with Gasteiger partial charge in [0.25, 0.3) is 0 Å². The van der Waals surface area contributed by atoms with E-state index >= 15 is 0 Å². The summed E-state index contributed by atoms with van der Waals surface area (Å²) in [6, 6.07) is -4.42. The highest BCUT2D eigenvalue weighted by atomic mass is 16.4. The van der Waals surface area contributed by atoms with Gasteiger partial charge in [-0.15, -0.1) is 0 Å². The van der Waals surface area contributed by atoms with Crippen LogP contribution >= 0.6 is 0 Å². The van der Waals surface area contributed by atoms with Crippen LogP contribution in [0.2, 0.25) is 0 Å². The highest BCUT2D eigenvalue weighted by Crippen LogP contribution is 2.09. The van der Waals surface area contributed by atoms with Crippen molar-refractivity contribution < 1.29 is 29.1 Å². The molecule has 0 rings (SSSR count). The van der Waals surface area contributed by atoms with Gasteiger partial charge in [-0.2, -0.15) is 0 Å². The molecule has 11 heteroatoms. The van der Waals surface area contributed by atoms with Crippen LogP contribution in [0.5, 0.6) is 0 Å². The number of carboxylic acids is 1. The number of primary amides is 1. The molecular formula is C21H39N5O6. The average molecular weight is 458 g/mol. The molecule has 4 amide bonds. The van der Waals surface area contributed by atoms with Crippen LogP contribution in [0.4, 0.5) is 0 Å². The number of hydrogen-bond donors (Lipinski definition) is 6. The van der Waals surface area contributed by atoms with Gasteiger partial charge in [-0.05, 0) is 24.2 Å². The SMILES string of the molecule is CCC(C)C(N)C(=O)NC(C(=O)NC(CC(N)=O)C(=O)NC(CC(C)C)C(=O)O)C(C)C. The summed E-state index contributed by atoms with van der Waals surface area (Å²) in [6.07, 6.45) is 0.308. The Morgan fingerprint density at radius 2 is 1.38 bits per heavy atom. The number of carbonyl (C=O) groups is 5. The van der Waals surface area contributed by atoms with Gasteiger partial charge in [0.15, 0.2) is 0 Å². The van der Waals surface area contributed by atoms with E-state index in [1.807, 2.05) is 13.8 Å². The summed E-state index contributed by atoms with van der Waals surface area (Å²) in [5, 5.41) is 16.7. The molecule has 184 valence electrons. The fraction of sp³-hybridized carbons (Fsp3) is 0.762. The van der Waals surface area contributed by atoms with Gasteiger partial charge in [0, 0.05) is 0 Å². The first-order chi connectivity index (χ1) is 14.7. The van der Waals surface area contributed by atoms with E-state index in [1.54, 1.807) is 27.7 Å². The lowest BCUT2D eigenvalue weighted by Gasteiger charge is -2.27. The molecule has 0 aliphatic heterocycles. The molecule has 32 heavy (non-hydrogen) atoms. The van der Waals surface area contributed by atoms with Crippen molar-refractivity contribution in [3.8, 4) is 0 Å². The van der Waals surface area contributed by atoms with Gasteiger partial charge in [-0.1, -0.05) is 48.0 Å². The Bertz CT molecular complexity index is 682. The number of nitrogens with one attached hydrogen (secondary N) is 3. The third-order valence-corrected chi connectivity index (χ3v) is 5.17. The molecule has 0 aromatic heterocycles. The standard InChI is InChI=1S/C21H39N5O6/c1-7-12(6)16(23)19(29)26-17(11(4)5)20(30)24-13(9-15(22)27)18(28)25-14(21(31)32)8-10(2)3/h10-14,16-17H,7-9,23H2,1-6H3,(H2,22,27)(H,24,30)(H,25,28)(H,26,29)(H,31,32). The van der Waals surface area contributed by atoms with Crippen molar-refractivity contribution in [2.75, 3.05) is 0 Å². The molecule has 0 saturated carbocycles. The van der Waals surface area contributed by atoms with E-state index in [9.17, 15) is 29.1 Å². The summed E-state index contributed by atoms with van der Waals surface area (Å²) in [7, 11) is 0. The minimum atomic E-state index is -1.39. The molecule has 5 unspecified atom stereocenters. The molecule has 0 bridgehead atoms. The zero-order chi connectivity index (χ0) is 25.2. The first-order valence-electron chi connectivity index (χ1n) is 10.9. The van der Waals surface area contributed by atoms with Crippen LogP contribution in [-0.4, -0.2) is 58.9 Å². The Labute approximate surface area is 189 Å². The summed E-state index contributed by atoms with van der Waals surface area (Å²) in [5.74, 6) is -4.63. The molecule has 0 aliphatic carbocycles. The molecule has 8 N–H and O–H groups in total. The Morgan fingerprint density at radius 3 is 1.78 bits per heavy atom. The number of rotatable bonds is 14. The quantitative estimate of drug-likeness (QED) is 0.202. The fourth-order valence-electron chi connectivity index (χ4n) is 2.93. The van der Waals surface area contributed by atoms with Crippen molar-refractivity contribution in [2.24, 2.45) is 29.2 Å². The monoisotopic (exact) mass is 457 g/mol. The van der Waals surface area contributed by atoms with Gasteiger partial charge in [0.1, 0.15) is 18.1 Å². The van der Waals surface area contributed by atoms with Crippen molar-refractivity contribution in [2.45, 2.75) is 85.0 Å². The van der Waals surface area contributed by atoms with E-state index in [4.69, 9.17) is 11.5 Å². The molecule has 0 aliphatic rings. The second-order valence-electron chi connectivity index (χ2n) is 8.90. The number of carboxylic acid groups (broad SMARTS) is 1. The lowest BCUT2D eigenvalue weighted by molar-refractivity contribution is -0.143. The molecule has 0 radical (unpaired) electrons. The first kappa shape index (κ1) is 29.3. The van der Waals surface area contributed by atoms with Crippen molar-refractivity contribution >= 4 is 29.6 Å². The second-order valence-corrected chi connectivity index (χ2v) is 8.90. The van der Waals surface area contributed by atoms with Crippen molar-refractivity contribution in [3.63, 3.8) is 0 Å². The van der Waals surface area contributed by atoms with Crippen LogP contribution in [-0.2, 0) is 24.0 Å². The van der Waals surface area contributed by atoms with E-state index in [0.717, 1.165) is 0 Å². The first-order valence-corrected chi connectivity index (χ1v) is 10.9. The summed E-state index contributed by atoms with van der Waals surface area (Å²) in [5.41, 5.74) is 11.1. The summed E-state index contributed by atoms with van der Waals surface area (Å²) >= 11 is 0. The smallest absolute Gasteiger partial charge is 0.326 e. The Hall–Kier alpha value is -2.69. The zero-order valence-electron chi connectivity index (χ0n) is 19.8. The molecule has 0 fully saturated rings. The lowest BCUT2D eigenvalue weighted by atomic mass is 9.97. The maximum atomic E-state index is 12.9. The van der Waals surface area contributed by atoms with Crippen LogP contribution in [0.3, 0.4) is 0 Å². The molecule has 0 aromatic rings. The van der Waals surface area contributed by atoms with Gasteiger partial charge in [0.05, 0.1) is 12.5 Å². The predicted octanol–water partition coefficient (Wildman–Crippen LogP) is -0.524. The van der Waals surface area contributed by atoms with Crippen molar-refractivity contribution in [1.82, 2.24) is 16.0 Å². The predicted molar refractivity (Wildman–Crippen MR) is 119 cm³/mol. The van der Waals surface area contributed by atoms with E-state index in [0.29, 0.717) is 6.42 Å². The van der Waals surface area contributed by atoms with E-state index < -0.39 is 60.2 Å². The van der Waals surface area contributed by atoms with Gasteiger partial charge in [-0.25, -0.2) is 4.79 Å². The average Bonchev–Trinajstić information content (AvgIpc) is 2.68. The van der Waals surface area contributed by atoms with E-state index in [-0.39, 0.29) is 24.2 Å². The number of aliphatic carboxylic acids is 1. The largest absolute Gasteiger partial charge is 0.480 e. The lowest BCUT2D eigenvalue weighted by Crippen LogP contribution is -2.59. The maximum absolute atomic E-state index is 12.9. The zero-order valence-corrected chi connectivity index (χ0v) is 19.8. The molecule has 0 saturated heterocycles. The summed E-state index contributed by atoms with van der Waals surface area (Å²) in [6.45, 7) is 10.7. The summed E-state index contributed by atoms with van der Waals surface area (Å²) < 4.78 is 0. The Balaban J connectivity index is 5.49. The van der Waals surface area contributed by atoms with Crippen LogP contribution in [0.25, 0.3) is 0 Å². The number of hydrogen-bond acceptors (Lipinski definition) is 6. The van der Waals surface area contributed by atoms with Gasteiger partial charge in [0.2, 0.25) is 23.6 Å². The third kappa shape index (κ3) is 10.1. The summed E-state index contributed by atoms with van der Waals surface area (Å²) in [4.78, 5) is 60.9. The maximum Gasteiger partial charge on any atom is 0.326 e. The highest BCUT2D eigenvalue weighted by Gasteiger charge is 2.33. The van der Waals surface area contributed by atoms with Gasteiger partial charge >= 0.3 is 5.97 Å².